The Morgan fingerprint density at radius 2 is 1.81 bits per heavy atom. The minimum absolute atomic E-state index is 0.435. The molecule has 0 saturated heterocycles. The minimum Gasteiger partial charge on any atom is -0.310 e. The van der Waals surface area contributed by atoms with Gasteiger partial charge >= 0.3 is 0 Å². The summed E-state index contributed by atoms with van der Waals surface area (Å²) in [7, 11) is 0. The molecule has 0 saturated carbocycles. The van der Waals surface area contributed by atoms with Gasteiger partial charge in [0.1, 0.15) is 0 Å². The first kappa shape index (κ1) is 16.7. The predicted octanol–water partition coefficient (Wildman–Crippen LogP) is 4.68. The Morgan fingerprint density at radius 3 is 2.38 bits per heavy atom. The quantitative estimate of drug-likeness (QED) is 0.729. The highest BCUT2D eigenvalue weighted by molar-refractivity contribution is 9.11. The Labute approximate surface area is 140 Å². The van der Waals surface area contributed by atoms with E-state index in [9.17, 15) is 0 Å². The van der Waals surface area contributed by atoms with Crippen molar-refractivity contribution in [1.29, 1.82) is 0 Å². The molecule has 2 aromatic rings. The van der Waals surface area contributed by atoms with Crippen molar-refractivity contribution in [1.82, 2.24) is 10.2 Å². The number of rotatable bonds is 8. The van der Waals surface area contributed by atoms with E-state index in [0.29, 0.717) is 6.04 Å². The second kappa shape index (κ2) is 8.69. The van der Waals surface area contributed by atoms with Gasteiger partial charge in [-0.05, 0) is 46.7 Å². The highest BCUT2D eigenvalue weighted by Crippen LogP contribution is 2.23. The molecule has 0 spiro atoms. The zero-order valence-corrected chi connectivity index (χ0v) is 15.1. The maximum Gasteiger partial charge on any atom is 0.0701 e. The fourth-order valence-electron chi connectivity index (χ4n) is 2.58. The van der Waals surface area contributed by atoms with Gasteiger partial charge < -0.3 is 5.32 Å². The molecular weight excluding hydrogens is 344 g/mol. The first-order valence-electron chi connectivity index (χ1n) is 7.48. The summed E-state index contributed by atoms with van der Waals surface area (Å²) in [6.45, 7) is 8.51. The highest BCUT2D eigenvalue weighted by atomic mass is 79.9. The van der Waals surface area contributed by atoms with Crippen molar-refractivity contribution in [2.45, 2.75) is 26.4 Å². The third-order valence-corrected chi connectivity index (χ3v) is 5.33. The van der Waals surface area contributed by atoms with Crippen molar-refractivity contribution in [3.63, 3.8) is 0 Å². The Bertz CT molecular complexity index is 523. The number of hydrogen-bond donors (Lipinski definition) is 1. The summed E-state index contributed by atoms with van der Waals surface area (Å²) in [5.41, 5.74) is 1.39. The van der Waals surface area contributed by atoms with E-state index in [1.807, 2.05) is 0 Å². The third-order valence-electron chi connectivity index (χ3n) is 3.70. The Morgan fingerprint density at radius 1 is 1.10 bits per heavy atom. The number of nitrogens with one attached hydrogen (secondary N) is 1. The van der Waals surface area contributed by atoms with Crippen molar-refractivity contribution in [3.8, 4) is 0 Å². The van der Waals surface area contributed by atoms with E-state index in [2.05, 4.69) is 82.5 Å². The normalized spacial score (nSPS) is 12.8. The van der Waals surface area contributed by atoms with Crippen LogP contribution in [0.15, 0.2) is 46.3 Å². The molecule has 1 aromatic heterocycles. The van der Waals surface area contributed by atoms with Crippen LogP contribution in [0.5, 0.6) is 0 Å². The second-order valence-electron chi connectivity index (χ2n) is 4.98. The molecule has 0 radical (unpaired) electrons. The van der Waals surface area contributed by atoms with Crippen LogP contribution in [0.1, 0.15) is 30.3 Å². The summed E-state index contributed by atoms with van der Waals surface area (Å²) in [5, 5.41) is 3.61. The summed E-state index contributed by atoms with van der Waals surface area (Å²) in [5.74, 6) is 0. The van der Waals surface area contributed by atoms with Gasteiger partial charge in [0.15, 0.2) is 0 Å². The van der Waals surface area contributed by atoms with Crippen molar-refractivity contribution >= 4 is 27.3 Å². The molecule has 114 valence electrons. The highest BCUT2D eigenvalue weighted by Gasteiger charge is 2.17. The molecule has 0 aliphatic heterocycles. The maximum atomic E-state index is 3.61. The molecule has 1 heterocycles. The summed E-state index contributed by atoms with van der Waals surface area (Å²) < 4.78 is 1.20. The monoisotopic (exact) mass is 366 g/mol. The van der Waals surface area contributed by atoms with E-state index in [1.54, 1.807) is 11.3 Å². The van der Waals surface area contributed by atoms with Gasteiger partial charge in [-0.15, -0.1) is 11.3 Å². The molecule has 0 aliphatic carbocycles. The second-order valence-corrected chi connectivity index (χ2v) is 7.53. The lowest BCUT2D eigenvalue weighted by molar-refractivity contribution is 0.213. The van der Waals surface area contributed by atoms with Gasteiger partial charge in [0.2, 0.25) is 0 Å². The van der Waals surface area contributed by atoms with Crippen LogP contribution in [-0.2, 0) is 6.54 Å². The van der Waals surface area contributed by atoms with Crippen LogP contribution in [0.3, 0.4) is 0 Å². The number of likely N-dealkylation sites (N-methyl/N-ethyl adjacent to an activating group) is 1. The largest absolute Gasteiger partial charge is 0.310 e. The van der Waals surface area contributed by atoms with Gasteiger partial charge in [-0.2, -0.15) is 0 Å². The molecule has 0 bridgehead atoms. The standard InChI is InChI=1S/C17H23BrN2S/c1-3-20(4-2)16(14-8-6-5-7-9-14)13-19-12-15-10-11-17(18)21-15/h5-11,16,19H,3-4,12-13H2,1-2H3. The van der Waals surface area contributed by atoms with Crippen LogP contribution in [0.2, 0.25) is 0 Å². The van der Waals surface area contributed by atoms with E-state index >= 15 is 0 Å². The van der Waals surface area contributed by atoms with Gasteiger partial charge in [-0.1, -0.05) is 44.2 Å². The predicted molar refractivity (Wildman–Crippen MR) is 95.8 cm³/mol. The zero-order chi connectivity index (χ0) is 15.1. The smallest absolute Gasteiger partial charge is 0.0701 e. The van der Waals surface area contributed by atoms with Crippen LogP contribution < -0.4 is 5.32 Å². The van der Waals surface area contributed by atoms with Gasteiger partial charge in [-0.25, -0.2) is 0 Å². The van der Waals surface area contributed by atoms with E-state index in [4.69, 9.17) is 0 Å². The molecule has 0 aliphatic rings. The number of nitrogens with zero attached hydrogens (tertiary/aromatic N) is 1. The minimum atomic E-state index is 0.435. The van der Waals surface area contributed by atoms with Crippen molar-refractivity contribution in [2.24, 2.45) is 0 Å². The summed E-state index contributed by atoms with van der Waals surface area (Å²) in [4.78, 5) is 3.88. The summed E-state index contributed by atoms with van der Waals surface area (Å²) in [6, 6.07) is 15.5. The van der Waals surface area contributed by atoms with E-state index < -0.39 is 0 Å². The molecule has 0 fully saturated rings. The Balaban J connectivity index is 1.99. The van der Waals surface area contributed by atoms with Crippen molar-refractivity contribution < 1.29 is 0 Å². The lowest BCUT2D eigenvalue weighted by Gasteiger charge is -2.30. The number of thiophene rings is 1. The van der Waals surface area contributed by atoms with E-state index in [0.717, 1.165) is 26.2 Å². The maximum absolute atomic E-state index is 3.61. The van der Waals surface area contributed by atoms with Gasteiger partial charge in [0.25, 0.3) is 0 Å². The van der Waals surface area contributed by atoms with Gasteiger partial charge in [0.05, 0.1) is 3.79 Å². The Hall–Kier alpha value is -0.680. The topological polar surface area (TPSA) is 15.3 Å². The number of hydrogen-bond acceptors (Lipinski definition) is 3. The molecule has 2 nitrogen and oxygen atoms in total. The van der Waals surface area contributed by atoms with Gasteiger partial charge in [-0.3, -0.25) is 4.90 Å². The lowest BCUT2D eigenvalue weighted by Crippen LogP contribution is -2.35. The summed E-state index contributed by atoms with van der Waals surface area (Å²) in [6.07, 6.45) is 0. The molecule has 1 atom stereocenters. The average Bonchev–Trinajstić information content (AvgIpc) is 2.93. The van der Waals surface area contributed by atoms with Crippen LogP contribution in [0.4, 0.5) is 0 Å². The van der Waals surface area contributed by atoms with Crippen molar-refractivity contribution in [2.75, 3.05) is 19.6 Å². The average molecular weight is 367 g/mol. The molecule has 2 rings (SSSR count). The van der Waals surface area contributed by atoms with Crippen LogP contribution in [0, 0.1) is 0 Å². The lowest BCUT2D eigenvalue weighted by atomic mass is 10.1. The third kappa shape index (κ3) is 4.92. The van der Waals surface area contributed by atoms with Crippen LogP contribution in [-0.4, -0.2) is 24.5 Å². The molecular formula is C17H23BrN2S. The number of benzene rings is 1. The first-order chi connectivity index (χ1) is 10.2. The summed E-state index contributed by atoms with van der Waals surface area (Å²) >= 11 is 5.31. The molecule has 1 aromatic carbocycles. The fourth-order valence-corrected chi connectivity index (χ4v) is 4.03. The molecule has 0 amide bonds. The number of halogens is 1. The molecule has 1 unspecified atom stereocenters. The Kier molecular flexibility index (Phi) is 6.90. The first-order valence-corrected chi connectivity index (χ1v) is 9.09. The van der Waals surface area contributed by atoms with Crippen LogP contribution in [0.25, 0.3) is 0 Å². The molecule has 4 heteroatoms. The van der Waals surface area contributed by atoms with E-state index in [-0.39, 0.29) is 0 Å². The van der Waals surface area contributed by atoms with Crippen LogP contribution >= 0.6 is 27.3 Å². The van der Waals surface area contributed by atoms with Crippen molar-refractivity contribution in [3.05, 3.63) is 56.7 Å². The van der Waals surface area contributed by atoms with E-state index in [1.165, 1.54) is 14.2 Å². The SMILES string of the molecule is CCN(CC)C(CNCc1ccc(Br)s1)c1ccccc1. The fraction of sp³-hybridized carbons (Fsp3) is 0.412. The van der Waals surface area contributed by atoms with Gasteiger partial charge in [0, 0.05) is 24.0 Å². The molecule has 1 N–H and O–H groups in total. The zero-order valence-electron chi connectivity index (χ0n) is 12.7. The molecule has 21 heavy (non-hydrogen) atoms.